The van der Waals surface area contributed by atoms with Gasteiger partial charge >= 0.3 is 0 Å². The molecule has 9 rings (SSSR count). The minimum Gasteiger partial charge on any atom is -0.345 e. The van der Waals surface area contributed by atoms with Crippen LogP contribution in [0.15, 0.2) is 175 Å². The van der Waals surface area contributed by atoms with E-state index in [1.165, 1.54) is 33.2 Å². The molecule has 0 saturated carbocycles. The number of H-pyrrole nitrogens is 1. The molecule has 0 radical (unpaired) electrons. The van der Waals surface area contributed by atoms with E-state index in [0.717, 1.165) is 49.9 Å². The standard InChI is InChI=1S/C50H36N4/c1-50(2)46-24-32(30-51)16-22-43(46)44-23-21-39(29-47(44)50)38-20-18-34-17-19-37(26-41(34)27-38)36-14-9-15-40(25-36)48(52)54-49-45(35-12-7-4-8-13-35)28-42(31-53-49)33-10-5-3-6-11-33/h3-29,31H,1-2H3,(H2,52,53,54). The van der Waals surface area contributed by atoms with Gasteiger partial charge in [-0.05, 0) is 114 Å². The van der Waals surface area contributed by atoms with E-state index < -0.39 is 0 Å². The van der Waals surface area contributed by atoms with E-state index in [0.29, 0.717) is 11.1 Å². The summed E-state index contributed by atoms with van der Waals surface area (Å²) < 4.78 is 0. The maximum absolute atomic E-state index is 9.54. The van der Waals surface area contributed by atoms with Crippen LogP contribution in [0.2, 0.25) is 0 Å². The Morgan fingerprint density at radius 2 is 1.13 bits per heavy atom. The van der Waals surface area contributed by atoms with Gasteiger partial charge in [0.1, 0.15) is 5.49 Å². The van der Waals surface area contributed by atoms with Gasteiger partial charge in [-0.1, -0.05) is 135 Å². The van der Waals surface area contributed by atoms with Gasteiger partial charge in [0, 0.05) is 22.7 Å². The van der Waals surface area contributed by atoms with Gasteiger partial charge in [-0.2, -0.15) is 5.26 Å². The number of benzene rings is 7. The zero-order chi connectivity index (χ0) is 36.8. The van der Waals surface area contributed by atoms with Crippen LogP contribution in [-0.4, -0.2) is 10.8 Å². The van der Waals surface area contributed by atoms with E-state index in [-0.39, 0.29) is 11.3 Å². The summed E-state index contributed by atoms with van der Waals surface area (Å²) in [5, 5.41) is 21.0. The first-order chi connectivity index (χ1) is 26.4. The predicted molar refractivity (Wildman–Crippen MR) is 221 cm³/mol. The van der Waals surface area contributed by atoms with Crippen molar-refractivity contribution in [2.24, 2.45) is 4.99 Å². The van der Waals surface area contributed by atoms with Crippen LogP contribution in [0.3, 0.4) is 0 Å². The van der Waals surface area contributed by atoms with Crippen LogP contribution in [0.25, 0.3) is 66.4 Å². The number of hydrogen-bond donors (Lipinski definition) is 2. The lowest BCUT2D eigenvalue weighted by Gasteiger charge is -2.22. The minimum absolute atomic E-state index is 0.186. The monoisotopic (exact) mass is 692 g/mol. The predicted octanol–water partition coefficient (Wildman–Crippen LogP) is 11.9. The molecular weight excluding hydrogens is 657 g/mol. The lowest BCUT2D eigenvalue weighted by molar-refractivity contribution is 0.660. The number of fused-ring (bicyclic) bond motifs is 4. The quantitative estimate of drug-likeness (QED) is 0.137. The third-order valence-corrected chi connectivity index (χ3v) is 10.8. The number of aromatic nitrogens is 1. The molecule has 0 saturated heterocycles. The number of nitrogens with zero attached hydrogens (tertiary/aromatic N) is 2. The van der Waals surface area contributed by atoms with Crippen LogP contribution in [0.5, 0.6) is 0 Å². The van der Waals surface area contributed by atoms with Crippen LogP contribution < -0.4 is 5.49 Å². The van der Waals surface area contributed by atoms with Gasteiger partial charge < -0.3 is 4.98 Å². The molecule has 256 valence electrons. The maximum atomic E-state index is 9.54. The largest absolute Gasteiger partial charge is 0.345 e. The van der Waals surface area contributed by atoms with E-state index in [9.17, 15) is 5.26 Å². The summed E-state index contributed by atoms with van der Waals surface area (Å²) in [5.41, 5.74) is 15.4. The lowest BCUT2D eigenvalue weighted by atomic mass is 9.81. The third kappa shape index (κ3) is 5.83. The van der Waals surface area contributed by atoms with Crippen molar-refractivity contribution in [2.75, 3.05) is 0 Å². The third-order valence-electron chi connectivity index (χ3n) is 10.8. The summed E-state index contributed by atoms with van der Waals surface area (Å²) in [5.74, 6) is 0.186. The van der Waals surface area contributed by atoms with E-state index in [1.54, 1.807) is 0 Å². The normalized spacial score (nSPS) is 12.9. The summed E-state index contributed by atoms with van der Waals surface area (Å²) in [4.78, 5) is 8.24. The summed E-state index contributed by atoms with van der Waals surface area (Å²) >= 11 is 0. The molecule has 1 aliphatic carbocycles. The molecule has 1 heterocycles. The summed E-state index contributed by atoms with van der Waals surface area (Å²) in [7, 11) is 0. The number of pyridine rings is 1. The lowest BCUT2D eigenvalue weighted by Crippen LogP contribution is -2.15. The van der Waals surface area contributed by atoms with Crippen molar-refractivity contribution in [3.8, 4) is 61.7 Å². The van der Waals surface area contributed by atoms with Gasteiger partial charge in [-0.25, -0.2) is 4.99 Å². The number of nitriles is 1. The second kappa shape index (κ2) is 13.2. The second-order valence-corrected chi connectivity index (χ2v) is 14.5. The van der Waals surface area contributed by atoms with E-state index in [4.69, 9.17) is 10.4 Å². The van der Waals surface area contributed by atoms with E-state index in [2.05, 4.69) is 128 Å². The van der Waals surface area contributed by atoms with Crippen molar-refractivity contribution in [1.82, 2.24) is 4.98 Å². The van der Waals surface area contributed by atoms with Crippen LogP contribution in [0, 0.1) is 16.7 Å². The highest BCUT2D eigenvalue weighted by atomic mass is 14.9. The van der Waals surface area contributed by atoms with E-state index >= 15 is 0 Å². The van der Waals surface area contributed by atoms with Crippen LogP contribution >= 0.6 is 0 Å². The summed E-state index contributed by atoms with van der Waals surface area (Å²) in [6.45, 7) is 4.50. The fourth-order valence-corrected chi connectivity index (χ4v) is 7.83. The number of amidine groups is 1. The molecule has 54 heavy (non-hydrogen) atoms. The SMILES string of the molecule is CC1(C)c2cc(C#N)ccc2-c2ccc(-c3ccc4ccc(-c5cccc(C(=N)/N=c6\[nH]cc(-c7ccccc7)cc6-c6ccccc6)c5)cc4c3)cc21. The molecular formula is C50H36N4. The first-order valence-corrected chi connectivity index (χ1v) is 18.2. The van der Waals surface area contributed by atoms with Gasteiger partial charge in [-0.3, -0.25) is 5.41 Å². The molecule has 0 amide bonds. The van der Waals surface area contributed by atoms with Crippen molar-refractivity contribution >= 4 is 16.6 Å². The fourth-order valence-electron chi connectivity index (χ4n) is 7.83. The Morgan fingerprint density at radius 3 is 1.83 bits per heavy atom. The molecule has 0 spiro atoms. The van der Waals surface area contributed by atoms with Crippen molar-refractivity contribution in [3.63, 3.8) is 0 Å². The zero-order valence-corrected chi connectivity index (χ0v) is 30.1. The Bertz CT molecular complexity index is 2870. The maximum Gasteiger partial charge on any atom is 0.154 e. The van der Waals surface area contributed by atoms with Gasteiger partial charge in [-0.15, -0.1) is 0 Å². The van der Waals surface area contributed by atoms with Gasteiger partial charge in [0.15, 0.2) is 5.84 Å². The molecule has 1 aliphatic rings. The Morgan fingerprint density at radius 1 is 0.537 bits per heavy atom. The minimum atomic E-state index is -0.199. The smallest absolute Gasteiger partial charge is 0.154 e. The first-order valence-electron chi connectivity index (χ1n) is 18.2. The van der Waals surface area contributed by atoms with Crippen LogP contribution in [0.4, 0.5) is 0 Å². The van der Waals surface area contributed by atoms with Gasteiger partial charge in [0.05, 0.1) is 11.6 Å². The zero-order valence-electron chi connectivity index (χ0n) is 30.1. The molecule has 2 N–H and O–H groups in total. The van der Waals surface area contributed by atoms with Crippen molar-refractivity contribution in [1.29, 1.82) is 10.7 Å². The van der Waals surface area contributed by atoms with Crippen LogP contribution in [0.1, 0.15) is 36.1 Å². The number of hydrogen-bond acceptors (Lipinski definition) is 2. The average molecular weight is 693 g/mol. The van der Waals surface area contributed by atoms with Crippen molar-refractivity contribution in [3.05, 3.63) is 198 Å². The Hall–Kier alpha value is -7.09. The number of nitrogens with one attached hydrogen (secondary N) is 2. The molecule has 4 heteroatoms. The number of aromatic amines is 1. The molecule has 1 aromatic heterocycles. The highest BCUT2D eigenvalue weighted by Gasteiger charge is 2.35. The molecule has 0 bridgehead atoms. The summed E-state index contributed by atoms with van der Waals surface area (Å²) in [6.07, 6.45) is 1.96. The molecule has 0 fully saturated rings. The Kier molecular flexibility index (Phi) is 7.99. The molecule has 0 atom stereocenters. The Labute approximate surface area is 314 Å². The van der Waals surface area contributed by atoms with Gasteiger partial charge in [0.25, 0.3) is 0 Å². The molecule has 0 unspecified atom stereocenters. The topological polar surface area (TPSA) is 75.8 Å². The second-order valence-electron chi connectivity index (χ2n) is 14.5. The fraction of sp³-hybridized carbons (Fsp3) is 0.0600. The molecule has 7 aromatic carbocycles. The Balaban J connectivity index is 1.04. The van der Waals surface area contributed by atoms with Crippen LogP contribution in [-0.2, 0) is 5.41 Å². The molecule has 0 aliphatic heterocycles. The first kappa shape index (κ1) is 32.8. The highest BCUT2D eigenvalue weighted by Crippen LogP contribution is 2.50. The average Bonchev–Trinajstić information content (AvgIpc) is 3.45. The van der Waals surface area contributed by atoms with Gasteiger partial charge in [0.2, 0.25) is 0 Å². The summed E-state index contributed by atoms with van der Waals surface area (Å²) in [6, 6.07) is 59.0. The molecule has 8 aromatic rings. The van der Waals surface area contributed by atoms with Crippen molar-refractivity contribution in [2.45, 2.75) is 19.3 Å². The van der Waals surface area contributed by atoms with Crippen molar-refractivity contribution < 1.29 is 0 Å². The molecule has 4 nitrogen and oxygen atoms in total. The number of rotatable bonds is 5. The van der Waals surface area contributed by atoms with E-state index in [1.807, 2.05) is 66.9 Å². The highest BCUT2D eigenvalue weighted by molar-refractivity contribution is 5.99.